The minimum atomic E-state index is -0.338. The first kappa shape index (κ1) is 11.7. The van der Waals surface area contributed by atoms with Gasteiger partial charge >= 0.3 is 6.03 Å². The first-order chi connectivity index (χ1) is 9.20. The summed E-state index contributed by atoms with van der Waals surface area (Å²) < 4.78 is 0. The van der Waals surface area contributed by atoms with Gasteiger partial charge in [0.25, 0.3) is 0 Å². The largest absolute Gasteiger partial charge is 0.329 e. The van der Waals surface area contributed by atoms with Gasteiger partial charge in [0, 0.05) is 5.69 Å². The van der Waals surface area contributed by atoms with Crippen molar-refractivity contribution in [3.05, 3.63) is 42.0 Å². The second kappa shape index (κ2) is 4.39. The van der Waals surface area contributed by atoms with E-state index in [1.54, 1.807) is 0 Å². The van der Waals surface area contributed by atoms with Crippen LogP contribution in [0.25, 0.3) is 10.8 Å². The van der Waals surface area contributed by atoms with E-state index in [1.165, 1.54) is 4.90 Å². The van der Waals surface area contributed by atoms with Gasteiger partial charge in [0.05, 0.1) is 0 Å². The average Bonchev–Trinajstić information content (AvgIpc) is 2.76. The third kappa shape index (κ3) is 1.85. The summed E-state index contributed by atoms with van der Waals surface area (Å²) in [5, 5.41) is 4.59. The Balaban J connectivity index is 2.19. The fourth-order valence-corrected chi connectivity index (χ4v) is 2.59. The highest BCUT2D eigenvalue weighted by Crippen LogP contribution is 2.30. The van der Waals surface area contributed by atoms with E-state index in [-0.39, 0.29) is 18.5 Å². The highest BCUT2D eigenvalue weighted by Gasteiger charge is 2.29. The lowest BCUT2D eigenvalue weighted by Gasteiger charge is -2.19. The van der Waals surface area contributed by atoms with Crippen LogP contribution in [0.3, 0.4) is 0 Å². The van der Waals surface area contributed by atoms with Crippen LogP contribution in [0.4, 0.5) is 10.5 Å². The molecule has 1 fully saturated rings. The van der Waals surface area contributed by atoms with Crippen molar-refractivity contribution in [2.45, 2.75) is 13.3 Å². The van der Waals surface area contributed by atoms with E-state index in [0.29, 0.717) is 0 Å². The van der Waals surface area contributed by atoms with Gasteiger partial charge in [0.15, 0.2) is 0 Å². The molecule has 0 bridgehead atoms. The molecule has 1 N–H and O–H groups in total. The number of nitrogens with zero attached hydrogens (tertiary/aromatic N) is 1. The second-order valence-electron chi connectivity index (χ2n) is 4.58. The standard InChI is InChI=1S/C15H14N2O2/c1-2-11-12-6-4-3-5-10(12)7-8-13(11)17-9-14(18)16-15(17)19/h3-8H,2,9H2,1H3,(H,16,18,19). The van der Waals surface area contributed by atoms with Crippen LogP contribution in [-0.4, -0.2) is 18.5 Å². The first-order valence-corrected chi connectivity index (χ1v) is 6.32. The Morgan fingerprint density at radius 1 is 1.16 bits per heavy atom. The van der Waals surface area contributed by atoms with Crippen LogP contribution >= 0.6 is 0 Å². The normalized spacial score (nSPS) is 15.1. The molecule has 3 amide bonds. The van der Waals surface area contributed by atoms with E-state index in [1.807, 2.05) is 36.4 Å². The molecule has 0 aromatic heterocycles. The molecule has 2 aromatic carbocycles. The molecule has 0 aliphatic carbocycles. The highest BCUT2D eigenvalue weighted by molar-refractivity contribution is 6.13. The molecule has 1 aliphatic heterocycles. The zero-order chi connectivity index (χ0) is 13.4. The second-order valence-corrected chi connectivity index (χ2v) is 4.58. The summed E-state index contributed by atoms with van der Waals surface area (Å²) in [4.78, 5) is 24.6. The number of carbonyl (C=O) groups excluding carboxylic acids is 2. The maximum Gasteiger partial charge on any atom is 0.329 e. The third-order valence-electron chi connectivity index (χ3n) is 3.45. The van der Waals surface area contributed by atoms with Gasteiger partial charge in [-0.2, -0.15) is 0 Å². The van der Waals surface area contributed by atoms with Crippen LogP contribution < -0.4 is 10.2 Å². The Morgan fingerprint density at radius 3 is 2.63 bits per heavy atom. The Kier molecular flexibility index (Phi) is 2.71. The van der Waals surface area contributed by atoms with Crippen molar-refractivity contribution in [3.63, 3.8) is 0 Å². The van der Waals surface area contributed by atoms with E-state index >= 15 is 0 Å². The van der Waals surface area contributed by atoms with Crippen molar-refractivity contribution in [2.24, 2.45) is 0 Å². The predicted octanol–water partition coefficient (Wildman–Crippen LogP) is 2.46. The number of hydrogen-bond donors (Lipinski definition) is 1. The Hall–Kier alpha value is -2.36. The SMILES string of the molecule is CCc1c(N2CC(=O)NC2=O)ccc2ccccc12. The van der Waals surface area contributed by atoms with Gasteiger partial charge in [-0.3, -0.25) is 15.0 Å². The summed E-state index contributed by atoms with van der Waals surface area (Å²) in [6.07, 6.45) is 0.814. The Bertz CT molecular complexity index is 679. The molecule has 1 saturated heterocycles. The molecule has 1 heterocycles. The van der Waals surface area contributed by atoms with E-state index in [4.69, 9.17) is 0 Å². The molecule has 0 spiro atoms. The van der Waals surface area contributed by atoms with E-state index in [9.17, 15) is 9.59 Å². The monoisotopic (exact) mass is 254 g/mol. The maximum absolute atomic E-state index is 11.8. The number of anilines is 1. The topological polar surface area (TPSA) is 49.4 Å². The van der Waals surface area contributed by atoms with Crippen LogP contribution in [0.2, 0.25) is 0 Å². The summed E-state index contributed by atoms with van der Waals surface area (Å²) in [5.41, 5.74) is 1.92. The molecule has 1 aliphatic rings. The molecular weight excluding hydrogens is 240 g/mol. The van der Waals surface area contributed by atoms with Crippen molar-refractivity contribution < 1.29 is 9.59 Å². The Morgan fingerprint density at radius 2 is 1.95 bits per heavy atom. The number of nitrogens with one attached hydrogen (secondary N) is 1. The van der Waals surface area contributed by atoms with E-state index in [2.05, 4.69) is 12.2 Å². The summed E-state index contributed by atoms with van der Waals surface area (Å²) in [7, 11) is 0. The van der Waals surface area contributed by atoms with Crippen LogP contribution in [-0.2, 0) is 11.2 Å². The van der Waals surface area contributed by atoms with Gasteiger partial charge in [-0.25, -0.2) is 4.79 Å². The minimum Gasteiger partial charge on any atom is -0.284 e. The van der Waals surface area contributed by atoms with Crippen molar-refractivity contribution in [1.29, 1.82) is 0 Å². The van der Waals surface area contributed by atoms with Crippen molar-refractivity contribution in [1.82, 2.24) is 5.32 Å². The summed E-state index contributed by atoms with van der Waals surface area (Å²) >= 11 is 0. The van der Waals surface area contributed by atoms with Gasteiger partial charge < -0.3 is 0 Å². The quantitative estimate of drug-likeness (QED) is 0.837. The summed E-state index contributed by atoms with van der Waals surface area (Å²) in [6, 6.07) is 11.6. The number of aryl methyl sites for hydroxylation is 1. The van der Waals surface area contributed by atoms with Gasteiger partial charge in [0.1, 0.15) is 6.54 Å². The number of rotatable bonds is 2. The minimum absolute atomic E-state index is 0.101. The molecule has 4 nitrogen and oxygen atoms in total. The number of fused-ring (bicyclic) bond motifs is 1. The van der Waals surface area contributed by atoms with Crippen LogP contribution in [0, 0.1) is 0 Å². The smallest absolute Gasteiger partial charge is 0.284 e. The lowest BCUT2D eigenvalue weighted by molar-refractivity contribution is -0.117. The average molecular weight is 254 g/mol. The molecule has 0 atom stereocenters. The lowest BCUT2D eigenvalue weighted by Crippen LogP contribution is -2.28. The molecule has 4 heteroatoms. The Labute approximate surface area is 111 Å². The highest BCUT2D eigenvalue weighted by atomic mass is 16.2. The first-order valence-electron chi connectivity index (χ1n) is 6.32. The van der Waals surface area contributed by atoms with Crippen LogP contribution in [0.1, 0.15) is 12.5 Å². The number of urea groups is 1. The predicted molar refractivity (Wildman–Crippen MR) is 74.2 cm³/mol. The molecule has 0 radical (unpaired) electrons. The van der Waals surface area contributed by atoms with E-state index < -0.39 is 0 Å². The number of amides is 3. The molecule has 2 aromatic rings. The van der Waals surface area contributed by atoms with Crippen molar-refractivity contribution in [3.8, 4) is 0 Å². The van der Waals surface area contributed by atoms with Gasteiger partial charge in [-0.15, -0.1) is 0 Å². The number of imide groups is 1. The zero-order valence-corrected chi connectivity index (χ0v) is 10.6. The van der Waals surface area contributed by atoms with Crippen molar-refractivity contribution >= 4 is 28.4 Å². The van der Waals surface area contributed by atoms with Crippen LogP contribution in [0.5, 0.6) is 0 Å². The maximum atomic E-state index is 11.8. The fourth-order valence-electron chi connectivity index (χ4n) is 2.59. The van der Waals surface area contributed by atoms with Gasteiger partial charge in [0.2, 0.25) is 5.91 Å². The number of benzene rings is 2. The third-order valence-corrected chi connectivity index (χ3v) is 3.45. The van der Waals surface area contributed by atoms with Crippen molar-refractivity contribution in [2.75, 3.05) is 11.4 Å². The molecule has 3 rings (SSSR count). The molecule has 19 heavy (non-hydrogen) atoms. The lowest BCUT2D eigenvalue weighted by atomic mass is 10.00. The molecule has 0 saturated carbocycles. The van der Waals surface area contributed by atoms with E-state index in [0.717, 1.165) is 28.4 Å². The summed E-state index contributed by atoms with van der Waals surface area (Å²) in [5.74, 6) is -0.250. The van der Waals surface area contributed by atoms with Gasteiger partial charge in [-0.1, -0.05) is 37.3 Å². The summed E-state index contributed by atoms with van der Waals surface area (Å²) in [6.45, 7) is 2.16. The molecular formula is C15H14N2O2. The number of hydrogen-bond acceptors (Lipinski definition) is 2. The molecule has 96 valence electrons. The molecule has 0 unspecified atom stereocenters. The van der Waals surface area contributed by atoms with Gasteiger partial charge in [-0.05, 0) is 28.8 Å². The van der Waals surface area contributed by atoms with Crippen LogP contribution in [0.15, 0.2) is 36.4 Å². The number of carbonyl (C=O) groups is 2. The zero-order valence-electron chi connectivity index (χ0n) is 10.6. The fraction of sp³-hybridized carbons (Fsp3) is 0.200.